The van der Waals surface area contributed by atoms with Gasteiger partial charge in [-0.3, -0.25) is 0 Å². The summed E-state index contributed by atoms with van der Waals surface area (Å²) in [4.78, 5) is 8.48. The van der Waals surface area contributed by atoms with Crippen LogP contribution in [0.5, 0.6) is 0 Å². The molecule has 1 unspecified atom stereocenters. The predicted molar refractivity (Wildman–Crippen MR) is 72.8 cm³/mol. The maximum atomic E-state index is 5.81. The molecule has 102 valence electrons. The Bertz CT molecular complexity index is 564. The highest BCUT2D eigenvalue weighted by molar-refractivity contribution is 5.78. The average Bonchev–Trinajstić information content (AvgIpc) is 2.85. The van der Waals surface area contributed by atoms with Crippen LogP contribution in [0.15, 0.2) is 29.5 Å². The van der Waals surface area contributed by atoms with Crippen molar-refractivity contribution in [3.8, 4) is 0 Å². The number of nitrogens with two attached hydrogens (primary N) is 1. The minimum atomic E-state index is 0.121. The van der Waals surface area contributed by atoms with Gasteiger partial charge in [0.15, 0.2) is 11.6 Å². The molecule has 1 atom stereocenters. The lowest BCUT2D eigenvalue weighted by molar-refractivity contribution is 0.179. The van der Waals surface area contributed by atoms with Crippen LogP contribution >= 0.6 is 0 Å². The third-order valence-corrected chi connectivity index (χ3v) is 2.59. The van der Waals surface area contributed by atoms with E-state index in [1.54, 1.807) is 24.0 Å². The highest BCUT2D eigenvalue weighted by Crippen LogP contribution is 2.04. The molecule has 0 aliphatic rings. The zero-order valence-electron chi connectivity index (χ0n) is 11.1. The van der Waals surface area contributed by atoms with Gasteiger partial charge in [0.25, 0.3) is 0 Å². The van der Waals surface area contributed by atoms with Crippen LogP contribution in [0.25, 0.3) is 5.65 Å². The van der Waals surface area contributed by atoms with Crippen molar-refractivity contribution in [2.75, 3.05) is 13.7 Å². The average molecular weight is 262 g/mol. The van der Waals surface area contributed by atoms with Crippen molar-refractivity contribution in [2.24, 2.45) is 10.7 Å². The van der Waals surface area contributed by atoms with E-state index in [1.165, 1.54) is 0 Å². The van der Waals surface area contributed by atoms with E-state index in [-0.39, 0.29) is 6.04 Å². The summed E-state index contributed by atoms with van der Waals surface area (Å²) in [6.45, 7) is 3.00. The van der Waals surface area contributed by atoms with E-state index in [0.29, 0.717) is 19.1 Å². The molecule has 0 fully saturated rings. The van der Waals surface area contributed by atoms with Crippen molar-refractivity contribution in [1.29, 1.82) is 0 Å². The summed E-state index contributed by atoms with van der Waals surface area (Å²) in [6.07, 6.45) is 3.44. The van der Waals surface area contributed by atoms with Crippen LogP contribution in [-0.2, 0) is 11.3 Å². The highest BCUT2D eigenvalue weighted by atomic mass is 16.5. The molecule has 0 saturated heterocycles. The monoisotopic (exact) mass is 262 g/mol. The summed E-state index contributed by atoms with van der Waals surface area (Å²) in [7, 11) is 1.65. The van der Waals surface area contributed by atoms with E-state index in [0.717, 1.165) is 11.3 Å². The first-order valence-electron chi connectivity index (χ1n) is 6.03. The van der Waals surface area contributed by atoms with Crippen molar-refractivity contribution in [3.05, 3.63) is 30.2 Å². The second-order valence-electron chi connectivity index (χ2n) is 4.24. The Kier molecular flexibility index (Phi) is 4.30. The Hall–Kier alpha value is -2.15. The SMILES string of the molecule is COCC(C)NC(N)=NCc1ccnc2ccnn12. The molecule has 2 aromatic heterocycles. The van der Waals surface area contributed by atoms with Crippen LogP contribution in [0, 0.1) is 0 Å². The lowest BCUT2D eigenvalue weighted by Crippen LogP contribution is -2.40. The maximum Gasteiger partial charge on any atom is 0.189 e. The molecule has 0 saturated carbocycles. The Morgan fingerprint density at radius 1 is 1.53 bits per heavy atom. The molecule has 0 aliphatic heterocycles. The second-order valence-corrected chi connectivity index (χ2v) is 4.24. The number of nitrogens with zero attached hydrogens (tertiary/aromatic N) is 4. The van der Waals surface area contributed by atoms with Crippen LogP contribution in [0.2, 0.25) is 0 Å². The van der Waals surface area contributed by atoms with Gasteiger partial charge in [-0.05, 0) is 13.0 Å². The summed E-state index contributed by atoms with van der Waals surface area (Å²) < 4.78 is 6.76. The largest absolute Gasteiger partial charge is 0.383 e. The summed E-state index contributed by atoms with van der Waals surface area (Å²) in [6, 6.07) is 3.83. The predicted octanol–water partition coefficient (Wildman–Crippen LogP) is 0.169. The van der Waals surface area contributed by atoms with E-state index in [9.17, 15) is 0 Å². The Balaban J connectivity index is 2.03. The van der Waals surface area contributed by atoms with Crippen molar-refractivity contribution in [1.82, 2.24) is 19.9 Å². The number of hydrogen-bond donors (Lipinski definition) is 2. The Morgan fingerprint density at radius 3 is 3.16 bits per heavy atom. The fourth-order valence-electron chi connectivity index (χ4n) is 1.76. The number of hydrogen-bond acceptors (Lipinski definition) is 4. The molecule has 7 heteroatoms. The Labute approximate surface area is 111 Å². The van der Waals surface area contributed by atoms with Crippen molar-refractivity contribution < 1.29 is 4.74 Å². The smallest absolute Gasteiger partial charge is 0.189 e. The summed E-state index contributed by atoms with van der Waals surface area (Å²) in [5, 5.41) is 7.24. The number of aliphatic imine (C=N–C) groups is 1. The van der Waals surface area contributed by atoms with Crippen LogP contribution in [0.1, 0.15) is 12.6 Å². The van der Waals surface area contributed by atoms with Gasteiger partial charge >= 0.3 is 0 Å². The quantitative estimate of drug-likeness (QED) is 0.592. The lowest BCUT2D eigenvalue weighted by atomic mass is 10.4. The van der Waals surface area contributed by atoms with Gasteiger partial charge in [0.1, 0.15) is 0 Å². The molecule has 2 aromatic rings. The molecule has 2 heterocycles. The third kappa shape index (κ3) is 3.41. The lowest BCUT2D eigenvalue weighted by Gasteiger charge is -2.13. The molecule has 2 rings (SSSR count). The van der Waals surface area contributed by atoms with E-state index in [1.807, 2.05) is 19.1 Å². The van der Waals surface area contributed by atoms with Crippen molar-refractivity contribution >= 4 is 11.6 Å². The van der Waals surface area contributed by atoms with E-state index in [4.69, 9.17) is 10.5 Å². The molecule has 3 N–H and O–H groups in total. The molecule has 0 amide bonds. The van der Waals surface area contributed by atoms with Crippen molar-refractivity contribution in [2.45, 2.75) is 19.5 Å². The summed E-state index contributed by atoms with van der Waals surface area (Å²) in [5.41, 5.74) is 7.54. The summed E-state index contributed by atoms with van der Waals surface area (Å²) >= 11 is 0. The number of methoxy groups -OCH3 is 1. The van der Waals surface area contributed by atoms with Crippen LogP contribution in [-0.4, -0.2) is 40.3 Å². The van der Waals surface area contributed by atoms with Gasteiger partial charge in [0.2, 0.25) is 0 Å². The van der Waals surface area contributed by atoms with Gasteiger partial charge < -0.3 is 15.8 Å². The first kappa shape index (κ1) is 13.3. The zero-order chi connectivity index (χ0) is 13.7. The van der Waals surface area contributed by atoms with Gasteiger partial charge in [-0.2, -0.15) is 5.10 Å². The van der Waals surface area contributed by atoms with E-state index < -0.39 is 0 Å². The molecular weight excluding hydrogens is 244 g/mol. The number of fused-ring (bicyclic) bond motifs is 1. The topological polar surface area (TPSA) is 89.8 Å². The van der Waals surface area contributed by atoms with Gasteiger partial charge in [-0.1, -0.05) is 0 Å². The Morgan fingerprint density at radius 2 is 2.37 bits per heavy atom. The highest BCUT2D eigenvalue weighted by Gasteiger charge is 2.03. The molecule has 0 radical (unpaired) electrons. The molecule has 19 heavy (non-hydrogen) atoms. The maximum absolute atomic E-state index is 5.81. The fourth-order valence-corrected chi connectivity index (χ4v) is 1.76. The fraction of sp³-hybridized carbons (Fsp3) is 0.417. The zero-order valence-corrected chi connectivity index (χ0v) is 11.1. The third-order valence-electron chi connectivity index (χ3n) is 2.59. The number of rotatable bonds is 5. The molecule has 0 aromatic carbocycles. The number of guanidine groups is 1. The van der Waals surface area contributed by atoms with Crippen molar-refractivity contribution in [3.63, 3.8) is 0 Å². The number of aromatic nitrogens is 3. The molecule has 7 nitrogen and oxygen atoms in total. The van der Waals surface area contributed by atoms with Gasteiger partial charge in [0, 0.05) is 25.4 Å². The van der Waals surface area contributed by atoms with Gasteiger partial charge in [-0.25, -0.2) is 14.5 Å². The van der Waals surface area contributed by atoms with Crippen LogP contribution in [0.4, 0.5) is 0 Å². The van der Waals surface area contributed by atoms with E-state index >= 15 is 0 Å². The first-order chi connectivity index (χ1) is 9.20. The van der Waals surface area contributed by atoms with E-state index in [2.05, 4.69) is 20.4 Å². The first-order valence-corrected chi connectivity index (χ1v) is 6.03. The molecule has 0 bridgehead atoms. The molecule has 0 spiro atoms. The second kappa shape index (κ2) is 6.14. The molecule has 0 aliphatic carbocycles. The standard InChI is InChI=1S/C12H18N6O/c1-9(8-19-2)17-12(13)15-7-10-3-5-14-11-4-6-16-18(10)11/h3-6,9H,7-8H2,1-2H3,(H3,13,15,17). The number of nitrogens with one attached hydrogen (secondary N) is 1. The minimum absolute atomic E-state index is 0.121. The van der Waals surface area contributed by atoms with Crippen LogP contribution in [0.3, 0.4) is 0 Å². The normalized spacial score (nSPS) is 13.7. The van der Waals surface area contributed by atoms with Crippen LogP contribution < -0.4 is 11.1 Å². The van der Waals surface area contributed by atoms with Gasteiger partial charge in [-0.15, -0.1) is 0 Å². The number of ether oxygens (including phenoxy) is 1. The molecular formula is C12H18N6O. The van der Waals surface area contributed by atoms with Gasteiger partial charge in [0.05, 0.1) is 25.0 Å². The summed E-state index contributed by atoms with van der Waals surface area (Å²) in [5.74, 6) is 0.390. The minimum Gasteiger partial charge on any atom is -0.383 e.